The first kappa shape index (κ1) is 15.6. The van der Waals surface area contributed by atoms with Crippen molar-refractivity contribution in [1.29, 1.82) is 0 Å². The predicted octanol–water partition coefficient (Wildman–Crippen LogP) is 2.71. The van der Waals surface area contributed by atoms with Gasteiger partial charge in [-0.25, -0.2) is 4.98 Å². The molecule has 3 rings (SSSR count). The van der Waals surface area contributed by atoms with E-state index < -0.39 is 0 Å². The average Bonchev–Trinajstić information content (AvgIpc) is 2.99. The molecule has 0 aliphatic heterocycles. The van der Waals surface area contributed by atoms with Crippen molar-refractivity contribution in [3.63, 3.8) is 0 Å². The monoisotopic (exact) mass is 310 g/mol. The molecule has 0 spiro atoms. The highest BCUT2D eigenvalue weighted by Crippen LogP contribution is 2.15. The van der Waals surface area contributed by atoms with Crippen molar-refractivity contribution in [3.05, 3.63) is 60.3 Å². The molecule has 3 aromatic rings. The van der Waals surface area contributed by atoms with E-state index in [0.29, 0.717) is 6.61 Å². The van der Waals surface area contributed by atoms with Gasteiger partial charge in [0.05, 0.1) is 18.7 Å². The Bertz CT molecular complexity index is 768. The fourth-order valence-electron chi connectivity index (χ4n) is 2.72. The lowest BCUT2D eigenvalue weighted by Crippen LogP contribution is -2.20. The number of aromatic nitrogens is 3. The van der Waals surface area contributed by atoms with Crippen molar-refractivity contribution in [2.75, 3.05) is 20.8 Å². The van der Waals surface area contributed by atoms with Gasteiger partial charge in [-0.05, 0) is 30.8 Å². The molecule has 0 saturated heterocycles. The Kier molecular flexibility index (Phi) is 5.00. The molecule has 23 heavy (non-hydrogen) atoms. The molecule has 0 bridgehead atoms. The topological polar surface area (TPSA) is 43.2 Å². The van der Waals surface area contributed by atoms with Crippen molar-refractivity contribution in [1.82, 2.24) is 19.4 Å². The van der Waals surface area contributed by atoms with Crippen LogP contribution in [0.2, 0.25) is 0 Å². The van der Waals surface area contributed by atoms with Gasteiger partial charge in [-0.2, -0.15) is 0 Å². The first-order chi connectivity index (χ1) is 11.3. The zero-order chi connectivity index (χ0) is 16.1. The number of rotatable bonds is 7. The van der Waals surface area contributed by atoms with Crippen molar-refractivity contribution in [2.24, 2.45) is 0 Å². The molecule has 0 amide bonds. The molecule has 120 valence electrons. The summed E-state index contributed by atoms with van der Waals surface area (Å²) in [6.45, 7) is 3.22. The summed E-state index contributed by atoms with van der Waals surface area (Å²) in [5, 5.41) is 1.18. The van der Waals surface area contributed by atoms with Crippen molar-refractivity contribution in [3.8, 4) is 0 Å². The fourth-order valence-corrected chi connectivity index (χ4v) is 2.72. The lowest BCUT2D eigenvalue weighted by atomic mass is 10.1. The Morgan fingerprint density at radius 3 is 2.91 bits per heavy atom. The van der Waals surface area contributed by atoms with Crippen LogP contribution in [-0.2, 0) is 24.4 Å². The van der Waals surface area contributed by atoms with Gasteiger partial charge in [-0.1, -0.05) is 12.1 Å². The van der Waals surface area contributed by atoms with E-state index in [1.165, 1.54) is 10.9 Å². The molecule has 2 aromatic heterocycles. The lowest BCUT2D eigenvalue weighted by Gasteiger charge is -2.17. The Morgan fingerprint density at radius 2 is 2.04 bits per heavy atom. The second-order valence-corrected chi connectivity index (χ2v) is 5.73. The predicted molar refractivity (Wildman–Crippen MR) is 91.0 cm³/mol. The number of nitrogens with zero attached hydrogens (tertiary/aromatic N) is 4. The summed E-state index contributed by atoms with van der Waals surface area (Å²) in [4.78, 5) is 11.1. The number of benzene rings is 1. The maximum absolute atomic E-state index is 5.14. The van der Waals surface area contributed by atoms with Crippen LogP contribution in [0.3, 0.4) is 0 Å². The molecule has 5 heteroatoms. The SMILES string of the molecule is COCCn1ccnc1CN(C)Cc1ccc2ncccc2c1. The number of imidazole rings is 1. The smallest absolute Gasteiger partial charge is 0.122 e. The van der Waals surface area contributed by atoms with Gasteiger partial charge in [-0.15, -0.1) is 0 Å². The van der Waals surface area contributed by atoms with E-state index in [0.717, 1.165) is 31.0 Å². The highest BCUT2D eigenvalue weighted by Gasteiger charge is 2.08. The van der Waals surface area contributed by atoms with Crippen LogP contribution in [0.15, 0.2) is 48.9 Å². The molecular weight excluding hydrogens is 288 g/mol. The number of hydrogen-bond acceptors (Lipinski definition) is 4. The van der Waals surface area contributed by atoms with Crippen LogP contribution in [0.25, 0.3) is 10.9 Å². The van der Waals surface area contributed by atoms with E-state index in [9.17, 15) is 0 Å². The van der Waals surface area contributed by atoms with Gasteiger partial charge < -0.3 is 9.30 Å². The van der Waals surface area contributed by atoms with E-state index in [-0.39, 0.29) is 0 Å². The van der Waals surface area contributed by atoms with Crippen LogP contribution in [0.5, 0.6) is 0 Å². The van der Waals surface area contributed by atoms with E-state index in [4.69, 9.17) is 4.74 Å². The molecule has 5 nitrogen and oxygen atoms in total. The summed E-state index contributed by atoms with van der Waals surface area (Å²) in [5.74, 6) is 1.06. The van der Waals surface area contributed by atoms with E-state index in [2.05, 4.69) is 50.7 Å². The molecule has 2 heterocycles. The van der Waals surface area contributed by atoms with Crippen LogP contribution < -0.4 is 0 Å². The first-order valence-electron chi connectivity index (χ1n) is 7.77. The second-order valence-electron chi connectivity index (χ2n) is 5.73. The molecular formula is C18H22N4O. The Labute approximate surface area is 136 Å². The minimum absolute atomic E-state index is 0.699. The Morgan fingerprint density at radius 1 is 1.13 bits per heavy atom. The summed E-state index contributed by atoms with van der Waals surface area (Å²) < 4.78 is 7.29. The maximum atomic E-state index is 5.14. The summed E-state index contributed by atoms with van der Waals surface area (Å²) in [6.07, 6.45) is 5.68. The van der Waals surface area contributed by atoms with Crippen LogP contribution in [0.1, 0.15) is 11.4 Å². The van der Waals surface area contributed by atoms with E-state index in [1.54, 1.807) is 7.11 Å². The average molecular weight is 310 g/mol. The number of ether oxygens (including phenoxy) is 1. The van der Waals surface area contributed by atoms with Crippen LogP contribution in [0.4, 0.5) is 0 Å². The minimum Gasteiger partial charge on any atom is -0.383 e. The zero-order valence-corrected chi connectivity index (χ0v) is 13.6. The molecule has 0 radical (unpaired) electrons. The standard InChI is InChI=1S/C18H22N4O/c1-21(14-18-20-8-9-22(18)10-11-23-2)13-15-5-6-17-16(12-15)4-3-7-19-17/h3-9,12H,10-11,13-14H2,1-2H3. The molecule has 0 N–H and O–H groups in total. The molecule has 0 aliphatic carbocycles. The summed E-state index contributed by atoms with van der Waals surface area (Å²) in [7, 11) is 3.83. The van der Waals surface area contributed by atoms with E-state index in [1.807, 2.05) is 24.7 Å². The van der Waals surface area contributed by atoms with Gasteiger partial charge in [-0.3, -0.25) is 9.88 Å². The second kappa shape index (κ2) is 7.35. The van der Waals surface area contributed by atoms with Gasteiger partial charge in [0.2, 0.25) is 0 Å². The summed E-state index contributed by atoms with van der Waals surface area (Å²) >= 11 is 0. The lowest BCUT2D eigenvalue weighted by molar-refractivity contribution is 0.184. The number of methoxy groups -OCH3 is 1. The van der Waals surface area contributed by atoms with Crippen LogP contribution in [-0.4, -0.2) is 40.2 Å². The van der Waals surface area contributed by atoms with Gasteiger partial charge in [0.25, 0.3) is 0 Å². The molecule has 0 unspecified atom stereocenters. The fraction of sp³-hybridized carbons (Fsp3) is 0.333. The normalized spacial score (nSPS) is 11.4. The van der Waals surface area contributed by atoms with Gasteiger partial charge in [0.15, 0.2) is 0 Å². The van der Waals surface area contributed by atoms with Gasteiger partial charge >= 0.3 is 0 Å². The third-order valence-corrected chi connectivity index (χ3v) is 3.87. The van der Waals surface area contributed by atoms with Gasteiger partial charge in [0.1, 0.15) is 5.82 Å². The molecule has 0 saturated carbocycles. The quantitative estimate of drug-likeness (QED) is 0.673. The number of pyridine rings is 1. The highest BCUT2D eigenvalue weighted by molar-refractivity contribution is 5.78. The van der Waals surface area contributed by atoms with Crippen molar-refractivity contribution in [2.45, 2.75) is 19.6 Å². The van der Waals surface area contributed by atoms with Crippen molar-refractivity contribution >= 4 is 10.9 Å². The minimum atomic E-state index is 0.699. The third-order valence-electron chi connectivity index (χ3n) is 3.87. The number of fused-ring (bicyclic) bond motifs is 1. The summed E-state index contributed by atoms with van der Waals surface area (Å²) in [6, 6.07) is 10.5. The third kappa shape index (κ3) is 3.94. The molecule has 1 aromatic carbocycles. The Balaban J connectivity index is 1.66. The maximum Gasteiger partial charge on any atom is 0.122 e. The van der Waals surface area contributed by atoms with E-state index >= 15 is 0 Å². The van der Waals surface area contributed by atoms with Crippen LogP contribution in [0, 0.1) is 0 Å². The Hall–Kier alpha value is -2.24. The van der Waals surface area contributed by atoms with Gasteiger partial charge in [0, 0.05) is 44.2 Å². The van der Waals surface area contributed by atoms with Crippen LogP contribution >= 0.6 is 0 Å². The highest BCUT2D eigenvalue weighted by atomic mass is 16.5. The molecule has 0 aliphatic rings. The zero-order valence-electron chi connectivity index (χ0n) is 13.6. The summed E-state index contributed by atoms with van der Waals surface area (Å²) in [5.41, 5.74) is 2.32. The molecule has 0 atom stereocenters. The number of hydrogen-bond donors (Lipinski definition) is 0. The first-order valence-corrected chi connectivity index (χ1v) is 7.77. The largest absolute Gasteiger partial charge is 0.383 e. The molecule has 0 fully saturated rings. The van der Waals surface area contributed by atoms with Crippen molar-refractivity contribution < 1.29 is 4.74 Å².